The summed E-state index contributed by atoms with van der Waals surface area (Å²) in [7, 11) is 4.24. The highest BCUT2D eigenvalue weighted by molar-refractivity contribution is 5.84. The van der Waals surface area contributed by atoms with Crippen LogP contribution in [0.5, 0.6) is 0 Å². The first-order valence-corrected chi connectivity index (χ1v) is 10.2. The first kappa shape index (κ1) is 18.8. The van der Waals surface area contributed by atoms with Gasteiger partial charge in [0.25, 0.3) is 0 Å². The first-order chi connectivity index (χ1) is 14.4. The Balaban J connectivity index is 1.53. The fourth-order valence-electron chi connectivity index (χ4n) is 4.31. The normalized spacial score (nSPS) is 17.0. The molecule has 0 saturated carbocycles. The van der Waals surface area contributed by atoms with E-state index in [1.807, 2.05) is 48.8 Å². The minimum Gasteiger partial charge on any atom is -0.422 e. The summed E-state index contributed by atoms with van der Waals surface area (Å²) in [5.74, 6) is 0. The van der Waals surface area contributed by atoms with Gasteiger partial charge in [0, 0.05) is 48.7 Å². The number of hydrogen-bond donors (Lipinski definition) is 0. The Hall–Kier alpha value is -3.19. The number of anilines is 1. The third-order valence-electron chi connectivity index (χ3n) is 5.98. The predicted molar refractivity (Wildman–Crippen MR) is 118 cm³/mol. The van der Waals surface area contributed by atoms with Crippen molar-refractivity contribution < 1.29 is 4.42 Å². The molecule has 0 spiro atoms. The van der Waals surface area contributed by atoms with Crippen LogP contribution in [-0.2, 0) is 0 Å². The molecule has 7 nitrogen and oxygen atoms in total. The Morgan fingerprint density at radius 3 is 2.73 bits per heavy atom. The monoisotopic (exact) mass is 403 g/mol. The van der Waals surface area contributed by atoms with Gasteiger partial charge in [0.05, 0.1) is 22.6 Å². The van der Waals surface area contributed by atoms with Crippen LogP contribution in [0.3, 0.4) is 0 Å². The second kappa shape index (κ2) is 6.95. The maximum absolute atomic E-state index is 12.8. The van der Waals surface area contributed by atoms with E-state index in [2.05, 4.69) is 39.9 Å². The van der Waals surface area contributed by atoms with Crippen LogP contribution in [0.25, 0.3) is 27.9 Å². The average molecular weight is 403 g/mol. The van der Waals surface area contributed by atoms with Gasteiger partial charge in [-0.05, 0) is 52.6 Å². The summed E-state index contributed by atoms with van der Waals surface area (Å²) < 4.78 is 7.63. The topological polar surface area (TPSA) is 66.9 Å². The number of imidazole rings is 1. The van der Waals surface area contributed by atoms with Crippen molar-refractivity contribution in [3.05, 3.63) is 58.5 Å². The molecule has 5 rings (SSSR count). The molecule has 3 aromatic heterocycles. The molecule has 7 heteroatoms. The smallest absolute Gasteiger partial charge is 0.345 e. The number of aryl methyl sites for hydroxylation is 2. The zero-order valence-corrected chi connectivity index (χ0v) is 17.7. The zero-order chi connectivity index (χ0) is 21.0. The van der Waals surface area contributed by atoms with Gasteiger partial charge in [0.1, 0.15) is 5.58 Å². The maximum atomic E-state index is 12.8. The van der Waals surface area contributed by atoms with Gasteiger partial charge in [-0.3, -0.25) is 4.98 Å². The molecule has 0 aliphatic carbocycles. The molecule has 1 fully saturated rings. The minimum atomic E-state index is -0.377. The fourth-order valence-corrected chi connectivity index (χ4v) is 4.31. The van der Waals surface area contributed by atoms with Crippen LogP contribution in [0, 0.1) is 13.8 Å². The van der Waals surface area contributed by atoms with Gasteiger partial charge in [-0.1, -0.05) is 0 Å². The second-order valence-corrected chi connectivity index (χ2v) is 8.35. The Kier molecular flexibility index (Phi) is 4.36. The van der Waals surface area contributed by atoms with Crippen molar-refractivity contribution in [1.29, 1.82) is 0 Å². The van der Waals surface area contributed by atoms with Gasteiger partial charge >= 0.3 is 5.63 Å². The molecule has 0 unspecified atom stereocenters. The molecule has 0 N–H and O–H groups in total. The van der Waals surface area contributed by atoms with E-state index >= 15 is 0 Å². The third-order valence-corrected chi connectivity index (χ3v) is 5.98. The summed E-state index contributed by atoms with van der Waals surface area (Å²) in [5.41, 5.74) is 4.86. The summed E-state index contributed by atoms with van der Waals surface area (Å²) >= 11 is 0. The highest BCUT2D eigenvalue weighted by Gasteiger charge is 2.24. The number of aromatic nitrogens is 3. The van der Waals surface area contributed by atoms with Crippen molar-refractivity contribution >= 4 is 22.3 Å². The highest BCUT2D eigenvalue weighted by Crippen LogP contribution is 2.28. The molecule has 1 atom stereocenters. The lowest BCUT2D eigenvalue weighted by atomic mass is 10.1. The number of hydrogen-bond acceptors (Lipinski definition) is 6. The van der Waals surface area contributed by atoms with E-state index < -0.39 is 0 Å². The second-order valence-electron chi connectivity index (χ2n) is 8.35. The van der Waals surface area contributed by atoms with Crippen molar-refractivity contribution in [1.82, 2.24) is 19.3 Å². The van der Waals surface area contributed by atoms with Crippen LogP contribution in [-0.4, -0.2) is 52.5 Å². The van der Waals surface area contributed by atoms with Gasteiger partial charge in [-0.25, -0.2) is 9.78 Å². The third kappa shape index (κ3) is 3.15. The van der Waals surface area contributed by atoms with E-state index in [4.69, 9.17) is 4.42 Å². The maximum Gasteiger partial charge on any atom is 0.345 e. The van der Waals surface area contributed by atoms with Crippen LogP contribution in [0.15, 0.2) is 45.9 Å². The van der Waals surface area contributed by atoms with Crippen LogP contribution < -0.4 is 10.5 Å². The van der Waals surface area contributed by atoms with E-state index in [0.717, 1.165) is 47.6 Å². The summed E-state index contributed by atoms with van der Waals surface area (Å²) in [4.78, 5) is 26.5. The first-order valence-electron chi connectivity index (χ1n) is 10.2. The molecule has 30 heavy (non-hydrogen) atoms. The molecular weight excluding hydrogens is 378 g/mol. The lowest BCUT2D eigenvalue weighted by Crippen LogP contribution is -2.31. The zero-order valence-electron chi connectivity index (χ0n) is 17.7. The van der Waals surface area contributed by atoms with E-state index in [1.165, 1.54) is 0 Å². The van der Waals surface area contributed by atoms with E-state index in [1.54, 1.807) is 0 Å². The van der Waals surface area contributed by atoms with Crippen molar-refractivity contribution in [2.75, 3.05) is 32.1 Å². The van der Waals surface area contributed by atoms with Gasteiger partial charge in [-0.15, -0.1) is 0 Å². The molecule has 1 aromatic carbocycles. The van der Waals surface area contributed by atoms with E-state index in [0.29, 0.717) is 22.9 Å². The number of rotatable bonds is 3. The number of benzene rings is 1. The number of fused-ring (bicyclic) bond motifs is 2. The predicted octanol–water partition coefficient (Wildman–Crippen LogP) is 3.26. The number of nitrogens with zero attached hydrogens (tertiary/aromatic N) is 5. The lowest BCUT2D eigenvalue weighted by molar-refractivity contribution is 0.315. The molecule has 0 radical (unpaired) electrons. The molecule has 1 aliphatic rings. The van der Waals surface area contributed by atoms with Gasteiger partial charge in [-0.2, -0.15) is 0 Å². The minimum absolute atomic E-state index is 0.377. The highest BCUT2D eigenvalue weighted by atomic mass is 16.4. The van der Waals surface area contributed by atoms with Crippen LogP contribution in [0.4, 0.5) is 5.69 Å². The van der Waals surface area contributed by atoms with Crippen molar-refractivity contribution in [3.63, 3.8) is 0 Å². The van der Waals surface area contributed by atoms with E-state index in [-0.39, 0.29) is 5.63 Å². The average Bonchev–Trinajstić information content (AvgIpc) is 3.34. The molecular formula is C23H25N5O2. The van der Waals surface area contributed by atoms with Gasteiger partial charge in [0.15, 0.2) is 5.65 Å². The Morgan fingerprint density at radius 2 is 1.97 bits per heavy atom. The Labute approximate surface area is 174 Å². The number of likely N-dealkylation sites (N-methyl/N-ethyl adjacent to an activating group) is 1. The largest absolute Gasteiger partial charge is 0.422 e. The van der Waals surface area contributed by atoms with Gasteiger partial charge < -0.3 is 18.6 Å². The Bertz CT molecular complexity index is 1320. The summed E-state index contributed by atoms with van der Waals surface area (Å²) in [6.45, 7) is 5.84. The van der Waals surface area contributed by atoms with Crippen molar-refractivity contribution in [2.45, 2.75) is 26.3 Å². The summed E-state index contributed by atoms with van der Waals surface area (Å²) in [6.07, 6.45) is 4.90. The van der Waals surface area contributed by atoms with Gasteiger partial charge in [0.2, 0.25) is 0 Å². The van der Waals surface area contributed by atoms with Crippen LogP contribution >= 0.6 is 0 Å². The van der Waals surface area contributed by atoms with Crippen molar-refractivity contribution in [3.8, 4) is 11.3 Å². The van der Waals surface area contributed by atoms with E-state index in [9.17, 15) is 4.79 Å². The lowest BCUT2D eigenvalue weighted by Gasteiger charge is -2.22. The molecule has 154 valence electrons. The summed E-state index contributed by atoms with van der Waals surface area (Å²) in [6, 6.07) is 8.51. The SMILES string of the molecule is Cc1cn2cc(-c3cc4ccc(N5CC[C@@H](N(C)C)C5)cc4oc3=O)nc2c(C)n1. The molecule has 1 saturated heterocycles. The summed E-state index contributed by atoms with van der Waals surface area (Å²) in [5, 5.41) is 0.889. The quantitative estimate of drug-likeness (QED) is 0.489. The standard InChI is InChI=1S/C23H25N5O2/c1-14-11-28-13-20(25-22(28)15(2)24-14)19-9-16-5-6-17(10-21(16)30-23(19)29)27-8-7-18(12-27)26(3)4/h5-6,9-11,13,18H,7-8,12H2,1-4H3/t18-/m1/s1. The molecule has 0 amide bonds. The molecule has 1 aliphatic heterocycles. The Morgan fingerprint density at radius 1 is 1.13 bits per heavy atom. The molecule has 4 heterocycles. The molecule has 4 aromatic rings. The van der Waals surface area contributed by atoms with Crippen molar-refractivity contribution in [2.24, 2.45) is 0 Å². The van der Waals surface area contributed by atoms with Crippen LogP contribution in [0.2, 0.25) is 0 Å². The molecule has 0 bridgehead atoms. The van der Waals surface area contributed by atoms with Crippen LogP contribution in [0.1, 0.15) is 17.8 Å². The fraction of sp³-hybridized carbons (Fsp3) is 0.348.